The van der Waals surface area contributed by atoms with Crippen LogP contribution in [0.5, 0.6) is 0 Å². The molecule has 3 nitrogen and oxygen atoms in total. The highest BCUT2D eigenvalue weighted by Crippen LogP contribution is 2.29. The number of alkyl halides is 3. The average Bonchev–Trinajstić information content (AvgIpc) is 2.61. The largest absolute Gasteiger partial charge is 0.417 e. The van der Waals surface area contributed by atoms with Crippen molar-refractivity contribution in [2.24, 2.45) is 0 Å². The Bertz CT molecular complexity index is 673. The van der Waals surface area contributed by atoms with Crippen molar-refractivity contribution in [1.82, 2.24) is 15.2 Å². The summed E-state index contributed by atoms with van der Waals surface area (Å²) in [6.45, 7) is 3.04. The normalized spacial score (nSPS) is 17.0. The lowest BCUT2D eigenvalue weighted by Gasteiger charge is -2.29. The summed E-state index contributed by atoms with van der Waals surface area (Å²) in [6, 6.07) is 10.8. The molecule has 1 aromatic carbocycles. The highest BCUT2D eigenvalue weighted by molar-refractivity contribution is 5.59. The lowest BCUT2D eigenvalue weighted by Crippen LogP contribution is -2.40. The first-order chi connectivity index (χ1) is 11.9. The molecule has 0 spiro atoms. The van der Waals surface area contributed by atoms with Crippen LogP contribution in [0.25, 0.3) is 11.3 Å². The van der Waals surface area contributed by atoms with Crippen LogP contribution in [0.4, 0.5) is 13.2 Å². The van der Waals surface area contributed by atoms with Crippen molar-refractivity contribution in [3.63, 3.8) is 0 Å². The van der Waals surface area contributed by atoms with Crippen LogP contribution in [0.3, 0.4) is 0 Å². The number of piperidine rings is 1. The Morgan fingerprint density at radius 1 is 1.08 bits per heavy atom. The highest BCUT2D eigenvalue weighted by Gasteiger charge is 2.30. The van der Waals surface area contributed by atoms with E-state index in [1.165, 1.54) is 6.07 Å². The highest BCUT2D eigenvalue weighted by atomic mass is 19.4. The number of benzene rings is 1. The van der Waals surface area contributed by atoms with Crippen molar-refractivity contribution in [3.8, 4) is 11.3 Å². The van der Waals surface area contributed by atoms with Gasteiger partial charge in [0.05, 0.1) is 11.3 Å². The van der Waals surface area contributed by atoms with E-state index >= 15 is 0 Å². The quantitative estimate of drug-likeness (QED) is 0.906. The van der Waals surface area contributed by atoms with Gasteiger partial charge >= 0.3 is 6.18 Å². The van der Waals surface area contributed by atoms with Gasteiger partial charge in [0.25, 0.3) is 0 Å². The van der Waals surface area contributed by atoms with Gasteiger partial charge in [-0.1, -0.05) is 24.3 Å². The van der Waals surface area contributed by atoms with E-state index in [1.54, 1.807) is 0 Å². The molecule has 1 aliphatic rings. The second-order valence-corrected chi connectivity index (χ2v) is 6.59. The molecule has 0 saturated carbocycles. The number of likely N-dealkylation sites (tertiary alicyclic amines) is 1. The van der Waals surface area contributed by atoms with Crippen LogP contribution >= 0.6 is 0 Å². The topological polar surface area (TPSA) is 28.2 Å². The van der Waals surface area contributed by atoms with E-state index in [9.17, 15) is 13.2 Å². The predicted molar refractivity (Wildman–Crippen MR) is 92.0 cm³/mol. The fraction of sp³-hybridized carbons (Fsp3) is 0.421. The summed E-state index contributed by atoms with van der Waals surface area (Å²) < 4.78 is 37.8. The third-order valence-electron chi connectivity index (χ3n) is 4.65. The molecular formula is C19H22F3N3. The summed E-state index contributed by atoms with van der Waals surface area (Å²) in [6.07, 6.45) is -1.16. The van der Waals surface area contributed by atoms with E-state index in [4.69, 9.17) is 0 Å². The summed E-state index contributed by atoms with van der Waals surface area (Å²) in [5.74, 6) is 0. The number of aromatic nitrogens is 1. The molecule has 1 aliphatic heterocycles. The van der Waals surface area contributed by atoms with Crippen LogP contribution in [-0.4, -0.2) is 36.1 Å². The minimum absolute atomic E-state index is 0.544. The Balaban J connectivity index is 1.58. The summed E-state index contributed by atoms with van der Waals surface area (Å²) >= 11 is 0. The number of halogens is 3. The molecule has 1 fully saturated rings. The Morgan fingerprint density at radius 2 is 1.76 bits per heavy atom. The minimum Gasteiger partial charge on any atom is -0.310 e. The molecule has 0 bridgehead atoms. The Morgan fingerprint density at radius 3 is 2.32 bits per heavy atom. The second-order valence-electron chi connectivity index (χ2n) is 6.59. The molecule has 3 rings (SSSR count). The lowest BCUT2D eigenvalue weighted by molar-refractivity contribution is -0.137. The van der Waals surface area contributed by atoms with E-state index in [0.717, 1.165) is 55.9 Å². The third-order valence-corrected chi connectivity index (χ3v) is 4.65. The van der Waals surface area contributed by atoms with Gasteiger partial charge in [-0.2, -0.15) is 13.2 Å². The van der Waals surface area contributed by atoms with Gasteiger partial charge in [-0.3, -0.25) is 4.98 Å². The second kappa shape index (κ2) is 7.54. The van der Waals surface area contributed by atoms with E-state index in [-0.39, 0.29) is 0 Å². The maximum Gasteiger partial charge on any atom is 0.417 e. The molecule has 1 aromatic heterocycles. The van der Waals surface area contributed by atoms with Crippen LogP contribution < -0.4 is 5.32 Å². The number of pyridine rings is 1. The van der Waals surface area contributed by atoms with Gasteiger partial charge < -0.3 is 10.2 Å². The first-order valence-electron chi connectivity index (χ1n) is 8.46. The summed E-state index contributed by atoms with van der Waals surface area (Å²) in [7, 11) is 2.14. The van der Waals surface area contributed by atoms with E-state index < -0.39 is 11.7 Å². The molecule has 0 aliphatic carbocycles. The average molecular weight is 349 g/mol. The molecule has 0 unspecified atom stereocenters. The van der Waals surface area contributed by atoms with Gasteiger partial charge in [-0.05, 0) is 50.7 Å². The van der Waals surface area contributed by atoms with Gasteiger partial charge in [0, 0.05) is 24.3 Å². The smallest absolute Gasteiger partial charge is 0.310 e. The fourth-order valence-corrected chi connectivity index (χ4v) is 3.00. The minimum atomic E-state index is -4.35. The first kappa shape index (κ1) is 17.9. The molecular weight excluding hydrogens is 327 g/mol. The Labute approximate surface area is 145 Å². The van der Waals surface area contributed by atoms with Crippen molar-refractivity contribution < 1.29 is 13.2 Å². The van der Waals surface area contributed by atoms with Crippen molar-refractivity contribution in [1.29, 1.82) is 0 Å². The first-order valence-corrected chi connectivity index (χ1v) is 8.46. The van der Waals surface area contributed by atoms with Gasteiger partial charge in [0.2, 0.25) is 0 Å². The molecule has 25 heavy (non-hydrogen) atoms. The van der Waals surface area contributed by atoms with Gasteiger partial charge in [-0.25, -0.2) is 0 Å². The van der Waals surface area contributed by atoms with E-state index in [1.807, 2.05) is 24.3 Å². The summed E-state index contributed by atoms with van der Waals surface area (Å²) in [4.78, 5) is 6.27. The number of rotatable bonds is 4. The third kappa shape index (κ3) is 4.80. The van der Waals surface area contributed by atoms with Crippen molar-refractivity contribution >= 4 is 0 Å². The van der Waals surface area contributed by atoms with Crippen LogP contribution in [0, 0.1) is 0 Å². The Kier molecular flexibility index (Phi) is 5.39. The van der Waals surface area contributed by atoms with Gasteiger partial charge in [0.15, 0.2) is 0 Å². The van der Waals surface area contributed by atoms with Gasteiger partial charge in [-0.15, -0.1) is 0 Å². The molecule has 1 N–H and O–H groups in total. The van der Waals surface area contributed by atoms with Crippen molar-refractivity contribution in [2.75, 3.05) is 20.1 Å². The zero-order valence-electron chi connectivity index (χ0n) is 14.2. The van der Waals surface area contributed by atoms with Crippen LogP contribution in [0.1, 0.15) is 24.0 Å². The molecule has 134 valence electrons. The molecule has 1 saturated heterocycles. The predicted octanol–water partition coefficient (Wildman–Crippen LogP) is 3.95. The maximum absolute atomic E-state index is 12.6. The molecule has 6 heteroatoms. The van der Waals surface area contributed by atoms with Crippen LogP contribution in [0.15, 0.2) is 42.6 Å². The SMILES string of the molecule is CN1CCC(NCc2ccc(-c3ccc(C(F)(F)F)cn3)cc2)CC1. The number of hydrogen-bond acceptors (Lipinski definition) is 3. The Hall–Kier alpha value is -1.92. The maximum atomic E-state index is 12.6. The zero-order chi connectivity index (χ0) is 17.9. The molecule has 2 heterocycles. The van der Waals surface area contributed by atoms with Crippen molar-refractivity contribution in [2.45, 2.75) is 31.6 Å². The fourth-order valence-electron chi connectivity index (χ4n) is 3.00. The van der Waals surface area contributed by atoms with Crippen LogP contribution in [-0.2, 0) is 12.7 Å². The molecule has 0 amide bonds. The summed E-state index contributed by atoms with van der Waals surface area (Å²) in [5.41, 5.74) is 1.80. The number of hydrogen-bond donors (Lipinski definition) is 1. The summed E-state index contributed by atoms with van der Waals surface area (Å²) in [5, 5.41) is 3.57. The molecule has 0 radical (unpaired) electrons. The van der Waals surface area contributed by atoms with Crippen molar-refractivity contribution in [3.05, 3.63) is 53.7 Å². The van der Waals surface area contributed by atoms with E-state index in [0.29, 0.717) is 11.7 Å². The molecule has 0 atom stereocenters. The van der Waals surface area contributed by atoms with Crippen LogP contribution in [0.2, 0.25) is 0 Å². The molecule has 2 aromatic rings. The zero-order valence-corrected chi connectivity index (χ0v) is 14.2. The number of nitrogens with one attached hydrogen (secondary N) is 1. The monoisotopic (exact) mass is 349 g/mol. The standard InChI is InChI=1S/C19H22F3N3/c1-25-10-8-17(9-11-25)23-12-14-2-4-15(5-3-14)18-7-6-16(13-24-18)19(20,21)22/h2-7,13,17,23H,8-12H2,1H3. The lowest BCUT2D eigenvalue weighted by atomic mass is 10.0. The van der Waals surface area contributed by atoms with Gasteiger partial charge in [0.1, 0.15) is 0 Å². The number of nitrogens with zero attached hydrogens (tertiary/aromatic N) is 2. The van der Waals surface area contributed by atoms with E-state index in [2.05, 4.69) is 22.2 Å².